The van der Waals surface area contributed by atoms with Gasteiger partial charge in [0.1, 0.15) is 6.61 Å². The van der Waals surface area contributed by atoms with Gasteiger partial charge in [0.25, 0.3) is 0 Å². The summed E-state index contributed by atoms with van der Waals surface area (Å²) in [6.45, 7) is 0.894. The lowest BCUT2D eigenvalue weighted by molar-refractivity contribution is 0.0697. The quantitative estimate of drug-likeness (QED) is 0.589. The smallest absolute Gasteiger partial charge is 0.414 e. The lowest BCUT2D eigenvalue weighted by Gasteiger charge is -2.24. The summed E-state index contributed by atoms with van der Waals surface area (Å²) in [4.78, 5) is 25.8. The normalized spacial score (nSPS) is 10.5. The van der Waals surface area contributed by atoms with Crippen LogP contribution in [0.3, 0.4) is 0 Å². The Hall–Kier alpha value is -3.32. The Morgan fingerprint density at radius 2 is 1.93 bits per heavy atom. The number of carboxylic acid groups (broad SMARTS) is 1. The highest BCUT2D eigenvalue weighted by Crippen LogP contribution is 2.26. The van der Waals surface area contributed by atoms with Crippen LogP contribution in [0.25, 0.3) is 0 Å². The van der Waals surface area contributed by atoms with Crippen molar-refractivity contribution in [3.05, 3.63) is 83.1 Å². The maximum atomic E-state index is 12.8. The van der Waals surface area contributed by atoms with Crippen molar-refractivity contribution >= 4 is 29.4 Å². The van der Waals surface area contributed by atoms with Gasteiger partial charge in [0.05, 0.1) is 11.3 Å². The number of benzene rings is 2. The Labute approximate surface area is 173 Å². The first kappa shape index (κ1) is 20.4. The summed E-state index contributed by atoms with van der Waals surface area (Å²) in [5.74, 6) is -1.15. The fraction of sp³-hybridized carbons (Fsp3) is 0.190. The second-order valence-corrected chi connectivity index (χ2v) is 6.72. The highest BCUT2D eigenvalue weighted by Gasteiger charge is 2.23. The van der Waals surface area contributed by atoms with Gasteiger partial charge in [-0.2, -0.15) is 5.10 Å². The molecule has 1 heterocycles. The van der Waals surface area contributed by atoms with E-state index in [9.17, 15) is 14.7 Å². The van der Waals surface area contributed by atoms with Crippen LogP contribution < -0.4 is 4.90 Å². The predicted octanol–water partition coefficient (Wildman–Crippen LogP) is 4.47. The number of amides is 1. The molecular weight excluding hydrogens is 394 g/mol. The molecule has 0 atom stereocenters. The van der Waals surface area contributed by atoms with Crippen LogP contribution in [0.1, 0.15) is 22.3 Å². The van der Waals surface area contributed by atoms with Crippen molar-refractivity contribution in [2.24, 2.45) is 0 Å². The molecule has 0 fully saturated rings. The van der Waals surface area contributed by atoms with Crippen LogP contribution in [0.5, 0.6) is 0 Å². The fourth-order valence-corrected chi connectivity index (χ4v) is 3.01. The van der Waals surface area contributed by atoms with E-state index in [1.807, 2.05) is 42.6 Å². The molecule has 8 heteroatoms. The molecule has 0 saturated heterocycles. The molecular formula is C21H20ClN3O4. The van der Waals surface area contributed by atoms with Crippen LogP contribution in [-0.2, 0) is 17.9 Å². The molecule has 1 amide bonds. The maximum absolute atomic E-state index is 12.8. The molecule has 0 spiro atoms. The van der Waals surface area contributed by atoms with Crippen molar-refractivity contribution in [1.29, 1.82) is 0 Å². The van der Waals surface area contributed by atoms with Crippen molar-refractivity contribution in [2.75, 3.05) is 11.4 Å². The van der Waals surface area contributed by atoms with Crippen LogP contribution in [0, 0.1) is 0 Å². The van der Waals surface area contributed by atoms with Crippen molar-refractivity contribution < 1.29 is 19.4 Å². The Morgan fingerprint density at radius 1 is 1.14 bits per heavy atom. The Bertz CT molecular complexity index is 961. The van der Waals surface area contributed by atoms with Crippen LogP contribution >= 0.6 is 11.6 Å². The van der Waals surface area contributed by atoms with Crippen molar-refractivity contribution in [2.45, 2.75) is 19.6 Å². The molecule has 1 N–H and O–H groups in total. The van der Waals surface area contributed by atoms with Crippen molar-refractivity contribution in [3.8, 4) is 0 Å². The summed E-state index contributed by atoms with van der Waals surface area (Å²) in [6.07, 6.45) is 3.40. The van der Waals surface area contributed by atoms with E-state index in [4.69, 9.17) is 16.3 Å². The number of carboxylic acids is 1. The minimum atomic E-state index is -1.15. The predicted molar refractivity (Wildman–Crippen MR) is 109 cm³/mol. The van der Waals surface area contributed by atoms with Crippen LogP contribution in [0.4, 0.5) is 10.5 Å². The first-order valence-electron chi connectivity index (χ1n) is 9.03. The van der Waals surface area contributed by atoms with Crippen molar-refractivity contribution in [3.63, 3.8) is 0 Å². The van der Waals surface area contributed by atoms with E-state index >= 15 is 0 Å². The maximum Gasteiger partial charge on any atom is 0.414 e. The summed E-state index contributed by atoms with van der Waals surface area (Å²) in [5.41, 5.74) is 1.01. The van der Waals surface area contributed by atoms with E-state index < -0.39 is 12.1 Å². The first-order valence-corrected chi connectivity index (χ1v) is 9.41. The lowest BCUT2D eigenvalue weighted by atomic mass is 10.1. The standard InChI is InChI=1S/C21H20ClN3O4/c22-17-8-9-18(20(26)27)19(14-17)25(13-5-12-24-11-4-10-23-24)21(28)29-15-16-6-2-1-3-7-16/h1-4,6-11,14H,5,12-13,15H2,(H,26,27). The summed E-state index contributed by atoms with van der Waals surface area (Å²) in [6, 6.07) is 15.4. The average molecular weight is 414 g/mol. The monoisotopic (exact) mass is 413 g/mol. The van der Waals surface area contributed by atoms with Gasteiger partial charge < -0.3 is 9.84 Å². The highest BCUT2D eigenvalue weighted by atomic mass is 35.5. The van der Waals surface area contributed by atoms with Crippen LogP contribution in [0.15, 0.2) is 67.0 Å². The van der Waals surface area contributed by atoms with Gasteiger partial charge >= 0.3 is 12.1 Å². The number of anilines is 1. The summed E-state index contributed by atoms with van der Waals surface area (Å²) in [7, 11) is 0. The molecule has 1 aromatic heterocycles. The third kappa shape index (κ3) is 5.58. The number of aromatic nitrogens is 2. The SMILES string of the molecule is O=C(O)c1ccc(Cl)cc1N(CCCn1cccn1)C(=O)OCc1ccccc1. The van der Waals surface area contributed by atoms with Gasteiger partial charge in [-0.05, 0) is 36.2 Å². The summed E-state index contributed by atoms with van der Waals surface area (Å²) < 4.78 is 7.18. The Kier molecular flexibility index (Phi) is 6.86. The van der Waals surface area contributed by atoms with E-state index in [-0.39, 0.29) is 24.4 Å². The number of carbonyl (C=O) groups excluding carboxylic acids is 1. The van der Waals surface area contributed by atoms with Gasteiger partial charge in [0, 0.05) is 30.5 Å². The molecule has 0 radical (unpaired) electrons. The van der Waals surface area contributed by atoms with Gasteiger partial charge in [-0.15, -0.1) is 0 Å². The van der Waals surface area contributed by atoms with Crippen LogP contribution in [-0.4, -0.2) is 33.5 Å². The molecule has 3 aromatic rings. The molecule has 0 saturated carbocycles. The molecule has 3 rings (SSSR count). The fourth-order valence-electron chi connectivity index (χ4n) is 2.84. The van der Waals surface area contributed by atoms with E-state index in [2.05, 4.69) is 5.10 Å². The molecule has 29 heavy (non-hydrogen) atoms. The third-order valence-corrected chi connectivity index (χ3v) is 4.47. The first-order chi connectivity index (χ1) is 14.0. The van der Waals surface area contributed by atoms with E-state index in [1.54, 1.807) is 10.9 Å². The number of rotatable bonds is 8. The largest absolute Gasteiger partial charge is 0.478 e. The summed E-state index contributed by atoms with van der Waals surface area (Å²) >= 11 is 6.07. The number of aryl methyl sites for hydroxylation is 1. The molecule has 0 aliphatic heterocycles. The third-order valence-electron chi connectivity index (χ3n) is 4.23. The van der Waals surface area contributed by atoms with Gasteiger partial charge in [0.15, 0.2) is 0 Å². The molecule has 150 valence electrons. The highest BCUT2D eigenvalue weighted by molar-refractivity contribution is 6.31. The number of carbonyl (C=O) groups is 2. The Morgan fingerprint density at radius 3 is 2.62 bits per heavy atom. The second-order valence-electron chi connectivity index (χ2n) is 6.28. The molecule has 7 nitrogen and oxygen atoms in total. The average Bonchev–Trinajstić information content (AvgIpc) is 3.23. The number of halogens is 1. The number of hydrogen-bond acceptors (Lipinski definition) is 4. The Balaban J connectivity index is 1.79. The second kappa shape index (κ2) is 9.75. The minimum Gasteiger partial charge on any atom is -0.478 e. The van der Waals surface area contributed by atoms with Gasteiger partial charge in [0.2, 0.25) is 0 Å². The van der Waals surface area contributed by atoms with E-state index in [0.29, 0.717) is 18.0 Å². The zero-order valence-corrected chi connectivity index (χ0v) is 16.3. The van der Waals surface area contributed by atoms with Gasteiger partial charge in [-0.3, -0.25) is 9.58 Å². The molecule has 0 bridgehead atoms. The topological polar surface area (TPSA) is 84.7 Å². The number of ether oxygens (including phenoxy) is 1. The number of aromatic carboxylic acids is 1. The zero-order chi connectivity index (χ0) is 20.6. The van der Waals surface area contributed by atoms with Gasteiger partial charge in [-0.1, -0.05) is 41.9 Å². The molecule has 2 aromatic carbocycles. The van der Waals surface area contributed by atoms with E-state index in [1.165, 1.54) is 23.1 Å². The number of hydrogen-bond donors (Lipinski definition) is 1. The van der Waals surface area contributed by atoms with Crippen molar-refractivity contribution in [1.82, 2.24) is 9.78 Å². The molecule has 0 aliphatic carbocycles. The molecule has 0 unspecified atom stereocenters. The molecule has 0 aliphatic rings. The minimum absolute atomic E-state index is 0.0230. The summed E-state index contributed by atoms with van der Waals surface area (Å²) in [5, 5.41) is 14.0. The lowest BCUT2D eigenvalue weighted by Crippen LogP contribution is -2.34. The number of nitrogens with zero attached hydrogens (tertiary/aromatic N) is 3. The zero-order valence-electron chi connectivity index (χ0n) is 15.6. The van der Waals surface area contributed by atoms with Crippen LogP contribution in [0.2, 0.25) is 5.02 Å². The van der Waals surface area contributed by atoms with Gasteiger partial charge in [-0.25, -0.2) is 9.59 Å². The van der Waals surface area contributed by atoms with E-state index in [0.717, 1.165) is 5.56 Å².